The number of rotatable bonds is 6. The Morgan fingerprint density at radius 1 is 1.31 bits per heavy atom. The van der Waals surface area contributed by atoms with Gasteiger partial charge in [-0.05, 0) is 26.8 Å². The molecule has 2 N–H and O–H groups in total. The molecule has 0 bridgehead atoms. The van der Waals surface area contributed by atoms with Crippen LogP contribution in [0.15, 0.2) is 16.7 Å². The molecule has 4 heteroatoms. The van der Waals surface area contributed by atoms with Crippen molar-refractivity contribution in [3.63, 3.8) is 0 Å². The highest BCUT2D eigenvalue weighted by atomic mass is 16.5. The van der Waals surface area contributed by atoms with Gasteiger partial charge in [0.25, 0.3) is 0 Å². The van der Waals surface area contributed by atoms with Crippen LogP contribution in [-0.2, 0) is 22.6 Å². The Kier molecular flexibility index (Phi) is 4.99. The van der Waals surface area contributed by atoms with Crippen LogP contribution < -0.4 is 5.73 Å². The lowest BCUT2D eigenvalue weighted by Gasteiger charge is -2.19. The molecule has 0 unspecified atom stereocenters. The fourth-order valence-corrected chi connectivity index (χ4v) is 1.26. The summed E-state index contributed by atoms with van der Waals surface area (Å²) in [4.78, 5) is 0. The minimum atomic E-state index is -0.110. The first-order valence-electron chi connectivity index (χ1n) is 5.50. The maximum atomic E-state index is 5.53. The molecule has 0 amide bonds. The SMILES string of the molecule is CC(C)(C)OCCOCc1ccoc1CN. The quantitative estimate of drug-likeness (QED) is 0.756. The van der Waals surface area contributed by atoms with Crippen LogP contribution in [0, 0.1) is 0 Å². The lowest BCUT2D eigenvalue weighted by atomic mass is 10.2. The highest BCUT2D eigenvalue weighted by Crippen LogP contribution is 2.11. The summed E-state index contributed by atoms with van der Waals surface area (Å²) in [6.45, 7) is 8.17. The molecule has 0 aliphatic carbocycles. The molecule has 0 saturated heterocycles. The molecule has 0 fully saturated rings. The molecular formula is C12H21NO3. The highest BCUT2D eigenvalue weighted by molar-refractivity contribution is 5.15. The van der Waals surface area contributed by atoms with E-state index in [4.69, 9.17) is 19.6 Å². The van der Waals surface area contributed by atoms with Crippen molar-refractivity contribution < 1.29 is 13.9 Å². The van der Waals surface area contributed by atoms with E-state index in [1.807, 2.05) is 26.8 Å². The number of furan rings is 1. The van der Waals surface area contributed by atoms with Gasteiger partial charge in [-0.3, -0.25) is 0 Å². The molecule has 0 atom stereocenters. The molecule has 0 saturated carbocycles. The topological polar surface area (TPSA) is 57.6 Å². The normalized spacial score (nSPS) is 12.0. The van der Waals surface area contributed by atoms with Gasteiger partial charge in [0, 0.05) is 5.56 Å². The smallest absolute Gasteiger partial charge is 0.122 e. The summed E-state index contributed by atoms with van der Waals surface area (Å²) in [5.41, 5.74) is 6.41. The monoisotopic (exact) mass is 227 g/mol. The van der Waals surface area contributed by atoms with Crippen LogP contribution in [0.1, 0.15) is 32.1 Å². The van der Waals surface area contributed by atoms with Crippen molar-refractivity contribution in [2.24, 2.45) is 5.73 Å². The second kappa shape index (κ2) is 6.03. The van der Waals surface area contributed by atoms with Crippen LogP contribution in [0.5, 0.6) is 0 Å². The van der Waals surface area contributed by atoms with E-state index in [0.717, 1.165) is 11.3 Å². The molecule has 1 aromatic rings. The second-order valence-corrected chi connectivity index (χ2v) is 4.59. The zero-order valence-electron chi connectivity index (χ0n) is 10.3. The number of hydrogen-bond acceptors (Lipinski definition) is 4. The standard InChI is InChI=1S/C12H21NO3/c1-12(2,3)16-7-6-14-9-10-4-5-15-11(10)8-13/h4-5H,6-9,13H2,1-3H3. The summed E-state index contributed by atoms with van der Waals surface area (Å²) in [7, 11) is 0. The summed E-state index contributed by atoms with van der Waals surface area (Å²) < 4.78 is 16.2. The van der Waals surface area contributed by atoms with Crippen molar-refractivity contribution in [3.05, 3.63) is 23.7 Å². The Morgan fingerprint density at radius 2 is 2.06 bits per heavy atom. The van der Waals surface area contributed by atoms with E-state index in [0.29, 0.717) is 26.4 Å². The van der Waals surface area contributed by atoms with Crippen molar-refractivity contribution in [2.45, 2.75) is 39.5 Å². The number of nitrogens with two attached hydrogens (primary N) is 1. The number of hydrogen-bond donors (Lipinski definition) is 1. The Balaban J connectivity index is 2.16. The first-order chi connectivity index (χ1) is 7.53. The van der Waals surface area contributed by atoms with E-state index in [2.05, 4.69) is 0 Å². The van der Waals surface area contributed by atoms with Gasteiger partial charge in [0.2, 0.25) is 0 Å². The fourth-order valence-electron chi connectivity index (χ4n) is 1.26. The molecule has 92 valence electrons. The third kappa shape index (κ3) is 4.79. The summed E-state index contributed by atoms with van der Waals surface area (Å²) in [5.74, 6) is 0.789. The van der Waals surface area contributed by atoms with E-state index in [-0.39, 0.29) is 5.60 Å². The largest absolute Gasteiger partial charge is 0.468 e. The molecule has 0 aliphatic rings. The summed E-state index contributed by atoms with van der Waals surface area (Å²) >= 11 is 0. The lowest BCUT2D eigenvalue weighted by Crippen LogP contribution is -2.21. The van der Waals surface area contributed by atoms with Gasteiger partial charge in [-0.2, -0.15) is 0 Å². The average molecular weight is 227 g/mol. The molecule has 4 nitrogen and oxygen atoms in total. The highest BCUT2D eigenvalue weighted by Gasteiger charge is 2.09. The van der Waals surface area contributed by atoms with Gasteiger partial charge in [0.1, 0.15) is 5.76 Å². The van der Waals surface area contributed by atoms with Gasteiger partial charge in [0.15, 0.2) is 0 Å². The van der Waals surface area contributed by atoms with E-state index in [9.17, 15) is 0 Å². The minimum absolute atomic E-state index is 0.110. The van der Waals surface area contributed by atoms with Gasteiger partial charge in [-0.15, -0.1) is 0 Å². The zero-order valence-corrected chi connectivity index (χ0v) is 10.3. The predicted octanol–water partition coefficient (Wildman–Crippen LogP) is 2.07. The Hall–Kier alpha value is -0.840. The summed E-state index contributed by atoms with van der Waals surface area (Å²) in [5, 5.41) is 0. The van der Waals surface area contributed by atoms with E-state index >= 15 is 0 Å². The van der Waals surface area contributed by atoms with Crippen LogP contribution in [0.2, 0.25) is 0 Å². The van der Waals surface area contributed by atoms with Crippen molar-refractivity contribution in [1.82, 2.24) is 0 Å². The molecule has 16 heavy (non-hydrogen) atoms. The van der Waals surface area contributed by atoms with Crippen molar-refractivity contribution in [3.8, 4) is 0 Å². The first kappa shape index (κ1) is 13.2. The third-order valence-corrected chi connectivity index (χ3v) is 2.04. The lowest BCUT2D eigenvalue weighted by molar-refractivity contribution is -0.0378. The van der Waals surface area contributed by atoms with Gasteiger partial charge in [-0.25, -0.2) is 0 Å². The van der Waals surface area contributed by atoms with Gasteiger partial charge >= 0.3 is 0 Å². The third-order valence-electron chi connectivity index (χ3n) is 2.04. The van der Waals surface area contributed by atoms with Crippen LogP contribution >= 0.6 is 0 Å². The Morgan fingerprint density at radius 3 is 2.69 bits per heavy atom. The van der Waals surface area contributed by atoms with E-state index in [1.165, 1.54) is 0 Å². The molecular weight excluding hydrogens is 206 g/mol. The summed E-state index contributed by atoms with van der Waals surface area (Å²) in [6, 6.07) is 1.88. The molecule has 1 heterocycles. The van der Waals surface area contributed by atoms with Crippen LogP contribution in [0.3, 0.4) is 0 Å². The van der Waals surface area contributed by atoms with Crippen LogP contribution in [0.4, 0.5) is 0 Å². The molecule has 1 rings (SSSR count). The predicted molar refractivity (Wildman–Crippen MR) is 62.0 cm³/mol. The number of ether oxygens (including phenoxy) is 2. The van der Waals surface area contributed by atoms with Crippen molar-refractivity contribution in [2.75, 3.05) is 13.2 Å². The summed E-state index contributed by atoms with van der Waals surface area (Å²) in [6.07, 6.45) is 1.63. The minimum Gasteiger partial charge on any atom is -0.468 e. The Bertz CT molecular complexity index is 301. The fraction of sp³-hybridized carbons (Fsp3) is 0.667. The van der Waals surface area contributed by atoms with Gasteiger partial charge in [-0.1, -0.05) is 0 Å². The van der Waals surface area contributed by atoms with Gasteiger partial charge < -0.3 is 19.6 Å². The first-order valence-corrected chi connectivity index (χ1v) is 5.50. The van der Waals surface area contributed by atoms with Gasteiger partial charge in [0.05, 0.1) is 38.2 Å². The Labute approximate surface area is 96.7 Å². The van der Waals surface area contributed by atoms with E-state index in [1.54, 1.807) is 6.26 Å². The molecule has 1 aromatic heterocycles. The maximum Gasteiger partial charge on any atom is 0.122 e. The maximum absolute atomic E-state index is 5.53. The molecule has 0 spiro atoms. The molecule has 0 aliphatic heterocycles. The van der Waals surface area contributed by atoms with Crippen molar-refractivity contribution >= 4 is 0 Å². The molecule has 0 radical (unpaired) electrons. The zero-order chi connectivity index (χ0) is 12.0. The molecule has 0 aromatic carbocycles. The second-order valence-electron chi connectivity index (χ2n) is 4.59. The van der Waals surface area contributed by atoms with Crippen molar-refractivity contribution in [1.29, 1.82) is 0 Å². The average Bonchev–Trinajstić information content (AvgIpc) is 2.63. The van der Waals surface area contributed by atoms with Crippen LogP contribution in [-0.4, -0.2) is 18.8 Å². The van der Waals surface area contributed by atoms with E-state index < -0.39 is 0 Å². The van der Waals surface area contributed by atoms with Crippen LogP contribution in [0.25, 0.3) is 0 Å².